The summed E-state index contributed by atoms with van der Waals surface area (Å²) in [6.07, 6.45) is 2.84. The molecule has 0 bridgehead atoms. The van der Waals surface area contributed by atoms with Crippen molar-refractivity contribution in [2.75, 3.05) is 24.7 Å². The number of carbonyl (C=O) groups is 1. The van der Waals surface area contributed by atoms with Crippen LogP contribution in [0.2, 0.25) is 0 Å². The summed E-state index contributed by atoms with van der Waals surface area (Å²) in [7, 11) is -1.30. The Morgan fingerprint density at radius 3 is 2.95 bits per heavy atom. The van der Waals surface area contributed by atoms with Crippen LogP contribution in [0.25, 0.3) is 0 Å². The Kier molecular flexibility index (Phi) is 4.04. The van der Waals surface area contributed by atoms with Gasteiger partial charge in [0.15, 0.2) is 9.84 Å². The lowest BCUT2D eigenvalue weighted by Crippen LogP contribution is -2.34. The maximum atomic E-state index is 11.9. The number of amides is 1. The number of hydrogen-bond donors (Lipinski definition) is 2. The van der Waals surface area contributed by atoms with Crippen LogP contribution in [0.15, 0.2) is 18.3 Å². The molecule has 7 heteroatoms. The van der Waals surface area contributed by atoms with E-state index in [4.69, 9.17) is 0 Å². The fourth-order valence-electron chi connectivity index (χ4n) is 2.10. The maximum absolute atomic E-state index is 11.9. The van der Waals surface area contributed by atoms with Gasteiger partial charge in [-0.3, -0.25) is 4.79 Å². The lowest BCUT2D eigenvalue weighted by atomic mass is 10.2. The highest BCUT2D eigenvalue weighted by atomic mass is 32.2. The highest BCUT2D eigenvalue weighted by Gasteiger charge is 2.31. The number of carbonyl (C=O) groups excluding carboxylic acids is 1. The highest BCUT2D eigenvalue weighted by molar-refractivity contribution is 7.92. The van der Waals surface area contributed by atoms with Crippen LogP contribution in [0, 0.1) is 0 Å². The van der Waals surface area contributed by atoms with Crippen molar-refractivity contribution < 1.29 is 13.2 Å². The van der Waals surface area contributed by atoms with Crippen molar-refractivity contribution in [2.24, 2.45) is 0 Å². The molecule has 6 nitrogen and oxygen atoms in total. The molecule has 0 spiro atoms. The van der Waals surface area contributed by atoms with Crippen molar-refractivity contribution in [2.45, 2.75) is 18.1 Å². The van der Waals surface area contributed by atoms with Crippen molar-refractivity contribution in [3.63, 3.8) is 0 Å². The normalized spacial score (nSPS) is 21.0. The molecule has 1 aromatic rings. The van der Waals surface area contributed by atoms with E-state index in [2.05, 4.69) is 15.6 Å². The number of aromatic nitrogens is 1. The van der Waals surface area contributed by atoms with E-state index < -0.39 is 15.1 Å². The molecule has 2 rings (SSSR count). The van der Waals surface area contributed by atoms with Crippen molar-refractivity contribution in [1.82, 2.24) is 10.3 Å². The van der Waals surface area contributed by atoms with Gasteiger partial charge in [0.05, 0.1) is 11.0 Å². The monoisotopic (exact) mass is 283 g/mol. The van der Waals surface area contributed by atoms with Crippen LogP contribution in [0.3, 0.4) is 0 Å². The summed E-state index contributed by atoms with van der Waals surface area (Å²) in [5.41, 5.74) is 0.467. The van der Waals surface area contributed by atoms with Gasteiger partial charge in [0.25, 0.3) is 5.91 Å². The van der Waals surface area contributed by atoms with Crippen LogP contribution in [0.1, 0.15) is 23.2 Å². The van der Waals surface area contributed by atoms with Crippen LogP contribution in [-0.2, 0) is 9.84 Å². The molecule has 2 heterocycles. The van der Waals surface area contributed by atoms with Crippen LogP contribution in [0.4, 0.5) is 5.82 Å². The minimum absolute atomic E-state index is 0.179. The average molecular weight is 283 g/mol. The molecule has 1 aromatic heterocycles. The van der Waals surface area contributed by atoms with Gasteiger partial charge in [0, 0.05) is 25.4 Å². The van der Waals surface area contributed by atoms with Gasteiger partial charge in [-0.25, -0.2) is 13.4 Å². The fourth-order valence-corrected chi connectivity index (χ4v) is 3.87. The van der Waals surface area contributed by atoms with Gasteiger partial charge in [-0.05, 0) is 25.0 Å². The van der Waals surface area contributed by atoms with Gasteiger partial charge in [-0.2, -0.15) is 0 Å². The third-order valence-electron chi connectivity index (χ3n) is 3.23. The molecule has 1 atom stereocenters. The first-order chi connectivity index (χ1) is 9.03. The Balaban J connectivity index is 1.98. The Bertz CT molecular complexity index is 571. The summed E-state index contributed by atoms with van der Waals surface area (Å²) in [5, 5.41) is 5.08. The molecule has 1 aliphatic rings. The van der Waals surface area contributed by atoms with Gasteiger partial charge in [-0.15, -0.1) is 0 Å². The zero-order valence-electron chi connectivity index (χ0n) is 10.7. The Morgan fingerprint density at radius 1 is 1.53 bits per heavy atom. The van der Waals surface area contributed by atoms with Gasteiger partial charge < -0.3 is 10.6 Å². The molecule has 1 saturated heterocycles. The molecule has 0 aromatic carbocycles. The standard InChI is InChI=1S/C12H17N3O3S/c1-13-11-7-9(4-5-14-11)12(16)15-8-10-3-2-6-19(10,17)18/h4-5,7,10H,2-3,6,8H2,1H3,(H,13,14)(H,15,16). The second-order valence-corrected chi connectivity index (χ2v) is 6.92. The van der Waals surface area contributed by atoms with Crippen LogP contribution in [0.5, 0.6) is 0 Å². The summed E-state index contributed by atoms with van der Waals surface area (Å²) in [4.78, 5) is 15.9. The molecular formula is C12H17N3O3S. The summed E-state index contributed by atoms with van der Waals surface area (Å²) in [5.74, 6) is 0.550. The van der Waals surface area contributed by atoms with E-state index in [1.54, 1.807) is 19.2 Å². The molecule has 0 radical (unpaired) electrons. The van der Waals surface area contributed by atoms with Crippen molar-refractivity contribution in [3.8, 4) is 0 Å². The van der Waals surface area contributed by atoms with Gasteiger partial charge in [0.2, 0.25) is 0 Å². The van der Waals surface area contributed by atoms with E-state index in [0.717, 1.165) is 0 Å². The quantitative estimate of drug-likeness (QED) is 0.836. The SMILES string of the molecule is CNc1cc(C(=O)NCC2CCCS2(=O)=O)ccn1. The number of anilines is 1. The zero-order chi connectivity index (χ0) is 13.9. The second-order valence-electron chi connectivity index (χ2n) is 4.52. The van der Waals surface area contributed by atoms with E-state index in [9.17, 15) is 13.2 Å². The molecule has 2 N–H and O–H groups in total. The topological polar surface area (TPSA) is 88.2 Å². The van der Waals surface area contributed by atoms with Crippen LogP contribution < -0.4 is 10.6 Å². The zero-order valence-corrected chi connectivity index (χ0v) is 11.5. The first-order valence-electron chi connectivity index (χ1n) is 6.16. The first-order valence-corrected chi connectivity index (χ1v) is 7.88. The first kappa shape index (κ1) is 13.8. The highest BCUT2D eigenvalue weighted by Crippen LogP contribution is 2.19. The molecule has 0 saturated carbocycles. The Morgan fingerprint density at radius 2 is 2.32 bits per heavy atom. The van der Waals surface area contributed by atoms with Crippen molar-refractivity contribution >= 4 is 21.6 Å². The summed E-state index contributed by atoms with van der Waals surface area (Å²) in [6.45, 7) is 0.179. The second kappa shape index (κ2) is 5.56. The summed E-state index contributed by atoms with van der Waals surface area (Å²) >= 11 is 0. The number of nitrogens with one attached hydrogen (secondary N) is 2. The molecule has 0 aliphatic carbocycles. The smallest absolute Gasteiger partial charge is 0.251 e. The summed E-state index contributed by atoms with van der Waals surface area (Å²) < 4.78 is 23.3. The largest absolute Gasteiger partial charge is 0.373 e. The Labute approximate surface area is 112 Å². The number of hydrogen-bond acceptors (Lipinski definition) is 5. The molecule has 19 heavy (non-hydrogen) atoms. The lowest BCUT2D eigenvalue weighted by molar-refractivity contribution is 0.0953. The van der Waals surface area contributed by atoms with Crippen LogP contribution in [-0.4, -0.2) is 43.9 Å². The minimum Gasteiger partial charge on any atom is -0.373 e. The van der Waals surface area contributed by atoms with E-state index in [1.807, 2.05) is 0 Å². The fraction of sp³-hybridized carbons (Fsp3) is 0.500. The molecule has 1 aliphatic heterocycles. The van der Waals surface area contributed by atoms with E-state index >= 15 is 0 Å². The molecule has 1 unspecified atom stereocenters. The number of sulfone groups is 1. The lowest BCUT2D eigenvalue weighted by Gasteiger charge is -2.11. The number of rotatable bonds is 4. The predicted molar refractivity (Wildman–Crippen MR) is 72.9 cm³/mol. The third-order valence-corrected chi connectivity index (χ3v) is 5.51. The third kappa shape index (κ3) is 3.23. The summed E-state index contributed by atoms with van der Waals surface area (Å²) in [6, 6.07) is 3.22. The van der Waals surface area contributed by atoms with Crippen molar-refractivity contribution in [1.29, 1.82) is 0 Å². The number of pyridine rings is 1. The molecular weight excluding hydrogens is 266 g/mol. The number of nitrogens with zero attached hydrogens (tertiary/aromatic N) is 1. The van der Waals surface area contributed by atoms with Crippen LogP contribution >= 0.6 is 0 Å². The van der Waals surface area contributed by atoms with E-state index in [-0.39, 0.29) is 18.2 Å². The minimum atomic E-state index is -3.02. The van der Waals surface area contributed by atoms with E-state index in [0.29, 0.717) is 24.2 Å². The molecule has 1 fully saturated rings. The maximum Gasteiger partial charge on any atom is 0.251 e. The van der Waals surface area contributed by atoms with Gasteiger partial charge >= 0.3 is 0 Å². The van der Waals surface area contributed by atoms with E-state index in [1.165, 1.54) is 6.20 Å². The predicted octanol–water partition coefficient (Wildman–Crippen LogP) is 0.430. The molecule has 104 valence electrons. The van der Waals surface area contributed by atoms with Gasteiger partial charge in [-0.1, -0.05) is 0 Å². The Hall–Kier alpha value is -1.63. The van der Waals surface area contributed by atoms with Crippen molar-refractivity contribution in [3.05, 3.63) is 23.9 Å². The average Bonchev–Trinajstić information content (AvgIpc) is 2.75. The van der Waals surface area contributed by atoms with Gasteiger partial charge in [0.1, 0.15) is 5.82 Å². The molecule has 1 amide bonds.